The van der Waals surface area contributed by atoms with Crippen molar-refractivity contribution in [1.29, 1.82) is 0 Å². The third-order valence-corrected chi connectivity index (χ3v) is 3.47. The van der Waals surface area contributed by atoms with Gasteiger partial charge in [0.25, 0.3) is 0 Å². The molecule has 0 unspecified atom stereocenters. The number of aromatic nitrogens is 4. The van der Waals surface area contributed by atoms with Crippen molar-refractivity contribution in [2.75, 3.05) is 26.8 Å². The van der Waals surface area contributed by atoms with Crippen LogP contribution >= 0.6 is 0 Å². The summed E-state index contributed by atoms with van der Waals surface area (Å²) in [7, 11) is 1.65. The highest BCUT2D eigenvalue weighted by Gasteiger charge is 2.24. The maximum Gasteiger partial charge on any atom is 0.220 e. The number of nitrogens with two attached hydrogens (primary N) is 1. The van der Waals surface area contributed by atoms with Gasteiger partial charge in [-0.25, -0.2) is 4.68 Å². The molecule has 1 amide bonds. The maximum absolute atomic E-state index is 11.1. The van der Waals surface area contributed by atoms with E-state index in [4.69, 9.17) is 10.5 Å². The molecule has 1 aliphatic rings. The number of ether oxygens (including phenoxy) is 1. The van der Waals surface area contributed by atoms with Gasteiger partial charge in [0.2, 0.25) is 5.91 Å². The van der Waals surface area contributed by atoms with Gasteiger partial charge in [0, 0.05) is 13.0 Å². The zero-order valence-electron chi connectivity index (χ0n) is 11.2. The Balaban J connectivity index is 1.85. The van der Waals surface area contributed by atoms with Crippen molar-refractivity contribution in [2.24, 2.45) is 11.7 Å². The molecule has 1 aromatic heterocycles. The summed E-state index contributed by atoms with van der Waals surface area (Å²) < 4.78 is 6.77. The van der Waals surface area contributed by atoms with Gasteiger partial charge >= 0.3 is 0 Å². The van der Waals surface area contributed by atoms with Crippen LogP contribution in [-0.4, -0.2) is 57.8 Å². The minimum Gasteiger partial charge on any atom is -0.383 e. The summed E-state index contributed by atoms with van der Waals surface area (Å²) >= 11 is 0. The molecule has 106 valence electrons. The van der Waals surface area contributed by atoms with Gasteiger partial charge in [0.05, 0.1) is 19.7 Å². The molecule has 0 aliphatic carbocycles. The first-order valence-corrected chi connectivity index (χ1v) is 6.46. The lowest BCUT2D eigenvalue weighted by molar-refractivity contribution is -0.123. The number of nitrogens with zero attached hydrogens (tertiary/aromatic N) is 5. The van der Waals surface area contributed by atoms with E-state index in [1.807, 2.05) is 0 Å². The largest absolute Gasteiger partial charge is 0.383 e. The predicted molar refractivity (Wildman–Crippen MR) is 66.9 cm³/mol. The summed E-state index contributed by atoms with van der Waals surface area (Å²) in [5.74, 6) is 0.653. The molecule has 1 saturated heterocycles. The number of methoxy groups -OCH3 is 1. The van der Waals surface area contributed by atoms with Crippen LogP contribution in [0.5, 0.6) is 0 Å². The number of primary amides is 1. The summed E-state index contributed by atoms with van der Waals surface area (Å²) in [5.41, 5.74) is 5.32. The highest BCUT2D eigenvalue weighted by atomic mass is 16.5. The van der Waals surface area contributed by atoms with Crippen LogP contribution in [0.4, 0.5) is 0 Å². The molecular formula is C11H20N6O2. The summed E-state index contributed by atoms with van der Waals surface area (Å²) in [5, 5.41) is 11.7. The summed E-state index contributed by atoms with van der Waals surface area (Å²) in [6, 6.07) is 0. The number of rotatable bonds is 6. The number of piperidine rings is 1. The SMILES string of the molecule is COCCn1nnnc1CN1CCC(C(N)=O)CC1. The van der Waals surface area contributed by atoms with Crippen molar-refractivity contribution >= 4 is 5.91 Å². The van der Waals surface area contributed by atoms with Gasteiger partial charge in [-0.1, -0.05) is 0 Å². The lowest BCUT2D eigenvalue weighted by Crippen LogP contribution is -2.38. The Morgan fingerprint density at radius 3 is 2.84 bits per heavy atom. The lowest BCUT2D eigenvalue weighted by Gasteiger charge is -2.29. The normalized spacial score (nSPS) is 17.7. The Labute approximate surface area is 111 Å². The Hall–Kier alpha value is -1.54. The third-order valence-electron chi connectivity index (χ3n) is 3.47. The first-order chi connectivity index (χ1) is 9.20. The van der Waals surface area contributed by atoms with Gasteiger partial charge in [-0.3, -0.25) is 9.69 Å². The average Bonchev–Trinajstić information content (AvgIpc) is 2.84. The average molecular weight is 268 g/mol. The molecule has 1 aromatic rings. The van der Waals surface area contributed by atoms with Gasteiger partial charge in [0.15, 0.2) is 5.82 Å². The molecule has 19 heavy (non-hydrogen) atoms. The number of amides is 1. The molecule has 0 bridgehead atoms. The van der Waals surface area contributed by atoms with E-state index in [0.29, 0.717) is 19.7 Å². The zero-order valence-corrected chi connectivity index (χ0v) is 11.2. The van der Waals surface area contributed by atoms with Crippen LogP contribution in [0.3, 0.4) is 0 Å². The van der Waals surface area contributed by atoms with Gasteiger partial charge in [-0.05, 0) is 36.4 Å². The van der Waals surface area contributed by atoms with E-state index in [1.165, 1.54) is 0 Å². The number of tetrazole rings is 1. The third kappa shape index (κ3) is 3.71. The van der Waals surface area contributed by atoms with Crippen LogP contribution in [0.2, 0.25) is 0 Å². The second kappa shape index (κ2) is 6.58. The molecular weight excluding hydrogens is 248 g/mol. The van der Waals surface area contributed by atoms with Crippen LogP contribution in [0.25, 0.3) is 0 Å². The standard InChI is InChI=1S/C11H20N6O2/c1-19-7-6-17-10(13-14-15-17)8-16-4-2-9(3-5-16)11(12)18/h9H,2-8H2,1H3,(H2,12,18). The second-order valence-electron chi connectivity index (χ2n) is 4.76. The fourth-order valence-corrected chi connectivity index (χ4v) is 2.26. The Kier molecular flexibility index (Phi) is 4.80. The van der Waals surface area contributed by atoms with Gasteiger partial charge < -0.3 is 10.5 Å². The Morgan fingerprint density at radius 1 is 1.47 bits per heavy atom. The number of likely N-dealkylation sites (tertiary alicyclic amines) is 1. The van der Waals surface area contributed by atoms with Crippen LogP contribution in [0.15, 0.2) is 0 Å². The molecule has 0 saturated carbocycles. The highest BCUT2D eigenvalue weighted by Crippen LogP contribution is 2.17. The van der Waals surface area contributed by atoms with E-state index in [9.17, 15) is 4.79 Å². The minimum atomic E-state index is -0.190. The summed E-state index contributed by atoms with van der Waals surface area (Å²) in [6.07, 6.45) is 1.63. The summed E-state index contributed by atoms with van der Waals surface area (Å²) in [6.45, 7) is 3.63. The van der Waals surface area contributed by atoms with E-state index >= 15 is 0 Å². The number of carbonyl (C=O) groups excluding carboxylic acids is 1. The molecule has 8 nitrogen and oxygen atoms in total. The Morgan fingerprint density at radius 2 is 2.21 bits per heavy atom. The van der Waals surface area contributed by atoms with Crippen molar-refractivity contribution in [3.63, 3.8) is 0 Å². The van der Waals surface area contributed by atoms with E-state index in [1.54, 1.807) is 11.8 Å². The fourth-order valence-electron chi connectivity index (χ4n) is 2.26. The lowest BCUT2D eigenvalue weighted by atomic mass is 9.96. The topological polar surface area (TPSA) is 99.2 Å². The second-order valence-corrected chi connectivity index (χ2v) is 4.76. The van der Waals surface area contributed by atoms with Crippen molar-refractivity contribution in [3.8, 4) is 0 Å². The highest BCUT2D eigenvalue weighted by molar-refractivity contribution is 5.76. The first kappa shape index (κ1) is 13.9. The van der Waals surface area contributed by atoms with Crippen molar-refractivity contribution in [3.05, 3.63) is 5.82 Å². The molecule has 2 N–H and O–H groups in total. The molecule has 2 heterocycles. The molecule has 0 radical (unpaired) electrons. The van der Waals surface area contributed by atoms with E-state index in [0.717, 1.165) is 31.8 Å². The number of hydrogen-bond acceptors (Lipinski definition) is 6. The molecule has 0 spiro atoms. The van der Waals surface area contributed by atoms with Gasteiger partial charge in [0.1, 0.15) is 0 Å². The molecule has 8 heteroatoms. The van der Waals surface area contributed by atoms with Crippen molar-refractivity contribution < 1.29 is 9.53 Å². The van der Waals surface area contributed by atoms with Crippen molar-refractivity contribution in [2.45, 2.75) is 25.9 Å². The van der Waals surface area contributed by atoms with Gasteiger partial charge in [-0.15, -0.1) is 5.10 Å². The first-order valence-electron chi connectivity index (χ1n) is 6.46. The van der Waals surface area contributed by atoms with Crippen LogP contribution in [0.1, 0.15) is 18.7 Å². The Bertz CT molecular complexity index is 413. The molecule has 2 rings (SSSR count). The van der Waals surface area contributed by atoms with E-state index in [2.05, 4.69) is 20.4 Å². The smallest absolute Gasteiger partial charge is 0.220 e. The number of hydrogen-bond donors (Lipinski definition) is 1. The quantitative estimate of drug-likeness (QED) is 0.711. The molecule has 0 atom stereocenters. The van der Waals surface area contributed by atoms with E-state index < -0.39 is 0 Å². The van der Waals surface area contributed by atoms with Crippen LogP contribution in [0, 0.1) is 5.92 Å². The monoisotopic (exact) mass is 268 g/mol. The van der Waals surface area contributed by atoms with E-state index in [-0.39, 0.29) is 11.8 Å². The van der Waals surface area contributed by atoms with Crippen LogP contribution in [-0.2, 0) is 22.6 Å². The molecule has 1 aliphatic heterocycles. The molecule has 1 fully saturated rings. The number of carbonyl (C=O) groups is 1. The fraction of sp³-hybridized carbons (Fsp3) is 0.818. The van der Waals surface area contributed by atoms with Gasteiger partial charge in [-0.2, -0.15) is 0 Å². The summed E-state index contributed by atoms with van der Waals surface area (Å²) in [4.78, 5) is 13.3. The van der Waals surface area contributed by atoms with Crippen LogP contribution < -0.4 is 5.73 Å². The zero-order chi connectivity index (χ0) is 13.7. The van der Waals surface area contributed by atoms with Crippen molar-refractivity contribution in [1.82, 2.24) is 25.1 Å². The molecule has 0 aromatic carbocycles. The maximum atomic E-state index is 11.1. The predicted octanol–water partition coefficient (Wildman–Crippen LogP) is -0.983. The minimum absolute atomic E-state index is 0.0146.